The van der Waals surface area contributed by atoms with E-state index in [2.05, 4.69) is 5.32 Å². The highest BCUT2D eigenvalue weighted by atomic mass is 19.1. The van der Waals surface area contributed by atoms with Crippen molar-refractivity contribution in [2.24, 2.45) is 0 Å². The second kappa shape index (κ2) is 8.45. The molecule has 0 unspecified atom stereocenters. The molecule has 0 spiro atoms. The zero-order valence-electron chi connectivity index (χ0n) is 14.3. The summed E-state index contributed by atoms with van der Waals surface area (Å²) in [4.78, 5) is 13.9. The van der Waals surface area contributed by atoms with Crippen LogP contribution in [-0.4, -0.2) is 31.5 Å². The SMILES string of the molecule is COc1ccc(C)cc1CN(C)CC(=O)NCc1ccccc1F. The number of halogens is 1. The van der Waals surface area contributed by atoms with Crippen LogP contribution in [-0.2, 0) is 17.9 Å². The Balaban J connectivity index is 1.88. The number of carbonyl (C=O) groups is 1. The van der Waals surface area contributed by atoms with Crippen molar-refractivity contribution in [2.45, 2.75) is 20.0 Å². The van der Waals surface area contributed by atoms with Gasteiger partial charge in [0.15, 0.2) is 0 Å². The molecule has 0 aliphatic rings. The second-order valence-electron chi connectivity index (χ2n) is 5.86. The Labute approximate surface area is 142 Å². The van der Waals surface area contributed by atoms with Crippen LogP contribution in [0.4, 0.5) is 4.39 Å². The number of nitrogens with one attached hydrogen (secondary N) is 1. The van der Waals surface area contributed by atoms with E-state index in [1.165, 1.54) is 6.07 Å². The predicted octanol–water partition coefficient (Wildman–Crippen LogP) is 2.89. The Kier molecular flexibility index (Phi) is 6.32. The molecule has 1 N–H and O–H groups in total. The van der Waals surface area contributed by atoms with E-state index in [9.17, 15) is 9.18 Å². The third-order valence-electron chi connectivity index (χ3n) is 3.72. The number of ether oxygens (including phenoxy) is 1. The monoisotopic (exact) mass is 330 g/mol. The van der Waals surface area contributed by atoms with E-state index in [0.29, 0.717) is 12.1 Å². The van der Waals surface area contributed by atoms with Crippen LogP contribution >= 0.6 is 0 Å². The standard InChI is InChI=1S/C19H23FN2O2/c1-14-8-9-18(24-3)16(10-14)12-22(2)13-19(23)21-11-15-6-4-5-7-17(15)20/h4-10H,11-13H2,1-3H3,(H,21,23). The summed E-state index contributed by atoms with van der Waals surface area (Å²) in [6.45, 7) is 3.03. The number of rotatable bonds is 7. The summed E-state index contributed by atoms with van der Waals surface area (Å²) in [5, 5.41) is 2.74. The third-order valence-corrected chi connectivity index (χ3v) is 3.72. The smallest absolute Gasteiger partial charge is 0.234 e. The van der Waals surface area contributed by atoms with Crippen molar-refractivity contribution in [3.63, 3.8) is 0 Å². The van der Waals surface area contributed by atoms with Gasteiger partial charge in [-0.15, -0.1) is 0 Å². The van der Waals surface area contributed by atoms with Crippen LogP contribution in [0.15, 0.2) is 42.5 Å². The van der Waals surface area contributed by atoms with Crippen molar-refractivity contribution in [1.29, 1.82) is 0 Å². The maximum Gasteiger partial charge on any atom is 0.234 e. The van der Waals surface area contributed by atoms with E-state index < -0.39 is 0 Å². The summed E-state index contributed by atoms with van der Waals surface area (Å²) < 4.78 is 18.9. The van der Waals surface area contributed by atoms with Crippen LogP contribution in [0.2, 0.25) is 0 Å². The number of hydrogen-bond acceptors (Lipinski definition) is 3. The van der Waals surface area contributed by atoms with Gasteiger partial charge in [-0.05, 0) is 26.1 Å². The number of likely N-dealkylation sites (N-methyl/N-ethyl adjacent to an activating group) is 1. The summed E-state index contributed by atoms with van der Waals surface area (Å²) in [5.41, 5.74) is 2.65. The topological polar surface area (TPSA) is 41.6 Å². The lowest BCUT2D eigenvalue weighted by atomic mass is 10.1. The minimum absolute atomic E-state index is 0.146. The highest BCUT2D eigenvalue weighted by Gasteiger charge is 2.11. The molecule has 0 fully saturated rings. The van der Waals surface area contributed by atoms with Gasteiger partial charge < -0.3 is 10.1 Å². The van der Waals surface area contributed by atoms with Crippen molar-refractivity contribution in [3.05, 3.63) is 65.0 Å². The van der Waals surface area contributed by atoms with Crippen LogP contribution in [0.5, 0.6) is 5.75 Å². The highest BCUT2D eigenvalue weighted by Crippen LogP contribution is 2.20. The van der Waals surface area contributed by atoms with E-state index >= 15 is 0 Å². The first-order chi connectivity index (χ1) is 11.5. The molecule has 2 rings (SSSR count). The Morgan fingerprint density at radius 3 is 2.67 bits per heavy atom. The Bertz CT molecular complexity index is 704. The molecule has 0 aliphatic carbocycles. The molecule has 2 aromatic carbocycles. The maximum atomic E-state index is 13.5. The molecule has 1 amide bonds. The summed E-state index contributed by atoms with van der Waals surface area (Å²) in [6, 6.07) is 12.4. The van der Waals surface area contributed by atoms with Gasteiger partial charge in [0.25, 0.3) is 0 Å². The lowest BCUT2D eigenvalue weighted by molar-refractivity contribution is -0.122. The van der Waals surface area contributed by atoms with E-state index in [4.69, 9.17) is 4.74 Å². The van der Waals surface area contributed by atoms with E-state index in [1.807, 2.05) is 37.1 Å². The molecule has 0 saturated heterocycles. The largest absolute Gasteiger partial charge is 0.496 e. The van der Waals surface area contributed by atoms with Gasteiger partial charge in [-0.2, -0.15) is 0 Å². The summed E-state index contributed by atoms with van der Waals surface area (Å²) in [7, 11) is 3.50. The van der Waals surface area contributed by atoms with E-state index in [-0.39, 0.29) is 24.8 Å². The van der Waals surface area contributed by atoms with Crippen LogP contribution in [0, 0.1) is 12.7 Å². The van der Waals surface area contributed by atoms with Crippen molar-refractivity contribution in [3.8, 4) is 5.75 Å². The number of aryl methyl sites for hydroxylation is 1. The molecule has 0 aromatic heterocycles. The molecular formula is C19H23FN2O2. The number of amides is 1. The van der Waals surface area contributed by atoms with E-state index in [0.717, 1.165) is 16.9 Å². The van der Waals surface area contributed by atoms with Crippen molar-refractivity contribution in [1.82, 2.24) is 10.2 Å². The molecule has 0 bridgehead atoms. The molecule has 0 heterocycles. The van der Waals surface area contributed by atoms with Gasteiger partial charge in [0.05, 0.1) is 13.7 Å². The maximum absolute atomic E-state index is 13.5. The fourth-order valence-electron chi connectivity index (χ4n) is 2.51. The van der Waals surface area contributed by atoms with Gasteiger partial charge in [-0.25, -0.2) is 4.39 Å². The summed E-state index contributed by atoms with van der Waals surface area (Å²) in [5.74, 6) is 0.349. The first-order valence-electron chi connectivity index (χ1n) is 7.81. The number of nitrogens with zero attached hydrogens (tertiary/aromatic N) is 1. The van der Waals surface area contributed by atoms with Crippen LogP contribution in [0.25, 0.3) is 0 Å². The molecule has 4 nitrogen and oxygen atoms in total. The van der Waals surface area contributed by atoms with Crippen molar-refractivity contribution in [2.75, 3.05) is 20.7 Å². The van der Waals surface area contributed by atoms with Crippen molar-refractivity contribution < 1.29 is 13.9 Å². The predicted molar refractivity (Wildman–Crippen MR) is 92.3 cm³/mol. The average Bonchev–Trinajstić information content (AvgIpc) is 2.54. The molecule has 0 saturated carbocycles. The zero-order chi connectivity index (χ0) is 17.5. The van der Waals surface area contributed by atoms with Gasteiger partial charge >= 0.3 is 0 Å². The number of carbonyl (C=O) groups excluding carboxylic acids is 1. The first-order valence-corrected chi connectivity index (χ1v) is 7.81. The fraction of sp³-hybridized carbons (Fsp3) is 0.316. The van der Waals surface area contributed by atoms with Gasteiger partial charge in [0.1, 0.15) is 11.6 Å². The minimum Gasteiger partial charge on any atom is -0.496 e. The Morgan fingerprint density at radius 1 is 1.21 bits per heavy atom. The minimum atomic E-state index is -0.310. The van der Waals surface area contributed by atoms with Crippen LogP contribution in [0.1, 0.15) is 16.7 Å². The van der Waals surface area contributed by atoms with Crippen LogP contribution < -0.4 is 10.1 Å². The number of benzene rings is 2. The van der Waals surface area contributed by atoms with Gasteiger partial charge in [-0.3, -0.25) is 9.69 Å². The Hall–Kier alpha value is -2.40. The molecule has 5 heteroatoms. The molecule has 24 heavy (non-hydrogen) atoms. The molecule has 0 aliphatic heterocycles. The van der Waals surface area contributed by atoms with Crippen LogP contribution in [0.3, 0.4) is 0 Å². The zero-order valence-corrected chi connectivity index (χ0v) is 14.3. The van der Waals surface area contributed by atoms with E-state index in [1.54, 1.807) is 25.3 Å². The lowest BCUT2D eigenvalue weighted by Gasteiger charge is -2.18. The Morgan fingerprint density at radius 2 is 1.96 bits per heavy atom. The quantitative estimate of drug-likeness (QED) is 0.849. The molecule has 0 radical (unpaired) electrons. The fourth-order valence-corrected chi connectivity index (χ4v) is 2.51. The molecule has 2 aromatic rings. The first kappa shape index (κ1) is 17.9. The average molecular weight is 330 g/mol. The number of hydrogen-bond donors (Lipinski definition) is 1. The highest BCUT2D eigenvalue weighted by molar-refractivity contribution is 5.78. The van der Waals surface area contributed by atoms with Gasteiger partial charge in [-0.1, -0.05) is 35.9 Å². The lowest BCUT2D eigenvalue weighted by Crippen LogP contribution is -2.34. The number of methoxy groups -OCH3 is 1. The van der Waals surface area contributed by atoms with Crippen molar-refractivity contribution >= 4 is 5.91 Å². The molecular weight excluding hydrogens is 307 g/mol. The van der Waals surface area contributed by atoms with Gasteiger partial charge in [0, 0.05) is 24.2 Å². The second-order valence-corrected chi connectivity index (χ2v) is 5.86. The molecule has 128 valence electrons. The molecule has 0 atom stereocenters. The summed E-state index contributed by atoms with van der Waals surface area (Å²) >= 11 is 0. The van der Waals surface area contributed by atoms with Gasteiger partial charge in [0.2, 0.25) is 5.91 Å². The third kappa shape index (κ3) is 5.06. The normalized spacial score (nSPS) is 10.7. The summed E-state index contributed by atoms with van der Waals surface area (Å²) in [6.07, 6.45) is 0.